The molecule has 1 aromatic carbocycles. The van der Waals surface area contributed by atoms with E-state index < -0.39 is 29.3 Å². The second-order valence-corrected chi connectivity index (χ2v) is 4.31. The van der Waals surface area contributed by atoms with E-state index in [4.69, 9.17) is 0 Å². The van der Waals surface area contributed by atoms with Crippen molar-refractivity contribution in [2.24, 2.45) is 0 Å². The Balaban J connectivity index is 2.37. The Bertz CT molecular complexity index is 480. The highest BCUT2D eigenvalue weighted by Crippen LogP contribution is 2.48. The Morgan fingerprint density at radius 3 is 2.42 bits per heavy atom. The highest BCUT2D eigenvalue weighted by atomic mass is 19.4. The third kappa shape index (κ3) is 2.17. The van der Waals surface area contributed by atoms with Gasteiger partial charge in [-0.25, -0.2) is 4.84 Å². The average Bonchev–Trinajstić information content (AvgIpc) is 2.69. The first-order valence-electron chi connectivity index (χ1n) is 5.46. The molecule has 1 aromatic rings. The SMILES string of the molecule is CN1O[C@@]([N+](=O)[O-])(C(F)(F)F)C[C@@H]1c1ccccc1. The van der Waals surface area contributed by atoms with Gasteiger partial charge in [0.05, 0.1) is 17.4 Å². The molecular formula is C11H11F3N2O3. The highest BCUT2D eigenvalue weighted by Gasteiger charge is 2.73. The number of rotatable bonds is 2. The zero-order valence-electron chi connectivity index (χ0n) is 9.92. The Kier molecular flexibility index (Phi) is 3.23. The molecule has 0 radical (unpaired) electrons. The van der Waals surface area contributed by atoms with E-state index in [0.29, 0.717) is 5.56 Å². The van der Waals surface area contributed by atoms with Crippen LogP contribution in [0.4, 0.5) is 13.2 Å². The van der Waals surface area contributed by atoms with Gasteiger partial charge in [-0.05, 0) is 5.56 Å². The lowest BCUT2D eigenvalue weighted by molar-refractivity contribution is -0.678. The maximum Gasteiger partial charge on any atom is 0.491 e. The van der Waals surface area contributed by atoms with Crippen LogP contribution in [0, 0.1) is 10.1 Å². The summed E-state index contributed by atoms with van der Waals surface area (Å²) in [5.74, 6) is 0. The summed E-state index contributed by atoms with van der Waals surface area (Å²) in [5, 5.41) is 11.7. The summed E-state index contributed by atoms with van der Waals surface area (Å²) >= 11 is 0. The van der Waals surface area contributed by atoms with E-state index in [9.17, 15) is 23.3 Å². The fourth-order valence-corrected chi connectivity index (χ4v) is 2.11. The maximum atomic E-state index is 12.9. The number of halogens is 3. The minimum absolute atomic E-state index is 0.540. The average molecular weight is 276 g/mol. The quantitative estimate of drug-likeness (QED) is 0.615. The van der Waals surface area contributed by atoms with Gasteiger partial charge in [-0.3, -0.25) is 10.1 Å². The number of hydroxylamine groups is 2. The molecular weight excluding hydrogens is 265 g/mol. The predicted molar refractivity (Wildman–Crippen MR) is 58.4 cm³/mol. The van der Waals surface area contributed by atoms with Crippen molar-refractivity contribution in [2.75, 3.05) is 7.05 Å². The fraction of sp³-hybridized carbons (Fsp3) is 0.455. The molecule has 0 saturated carbocycles. The summed E-state index contributed by atoms with van der Waals surface area (Å²) < 4.78 is 38.8. The molecule has 1 heterocycles. The molecule has 2 rings (SSSR count). The summed E-state index contributed by atoms with van der Waals surface area (Å²) in [5.41, 5.74) is -2.83. The first-order chi connectivity index (χ1) is 8.78. The van der Waals surface area contributed by atoms with Crippen LogP contribution in [0.15, 0.2) is 30.3 Å². The summed E-state index contributed by atoms with van der Waals surface area (Å²) in [4.78, 5) is 14.0. The molecule has 8 heteroatoms. The molecule has 0 unspecified atom stereocenters. The van der Waals surface area contributed by atoms with Gasteiger partial charge >= 0.3 is 11.9 Å². The van der Waals surface area contributed by atoms with E-state index >= 15 is 0 Å². The lowest BCUT2D eigenvalue weighted by Gasteiger charge is -2.21. The predicted octanol–water partition coefficient (Wildman–Crippen LogP) is 2.53. The Hall–Kier alpha value is -1.67. The molecule has 0 aliphatic carbocycles. The van der Waals surface area contributed by atoms with Crippen molar-refractivity contribution >= 4 is 0 Å². The van der Waals surface area contributed by atoms with E-state index in [0.717, 1.165) is 5.06 Å². The maximum absolute atomic E-state index is 12.9. The van der Waals surface area contributed by atoms with E-state index in [2.05, 4.69) is 4.84 Å². The van der Waals surface area contributed by atoms with E-state index in [1.807, 2.05) is 0 Å². The zero-order chi connectivity index (χ0) is 14.3. The molecule has 19 heavy (non-hydrogen) atoms. The lowest BCUT2D eigenvalue weighted by atomic mass is 9.98. The van der Waals surface area contributed by atoms with Gasteiger partial charge < -0.3 is 0 Å². The molecule has 0 bridgehead atoms. The second-order valence-electron chi connectivity index (χ2n) is 4.31. The first-order valence-corrected chi connectivity index (χ1v) is 5.46. The summed E-state index contributed by atoms with van der Waals surface area (Å²) in [6.07, 6.45) is -5.85. The second kappa shape index (κ2) is 4.46. The van der Waals surface area contributed by atoms with Crippen molar-refractivity contribution in [1.82, 2.24) is 5.06 Å². The monoisotopic (exact) mass is 276 g/mol. The Morgan fingerprint density at radius 2 is 2.00 bits per heavy atom. The van der Waals surface area contributed by atoms with Crippen molar-refractivity contribution in [3.8, 4) is 0 Å². The number of alkyl halides is 3. The lowest BCUT2D eigenvalue weighted by Crippen LogP contribution is -2.52. The van der Waals surface area contributed by atoms with Crippen molar-refractivity contribution in [3.05, 3.63) is 46.0 Å². The normalized spacial score (nSPS) is 28.5. The Labute approximate surface area is 106 Å². The summed E-state index contributed by atoms with van der Waals surface area (Å²) in [6, 6.07) is 7.43. The minimum Gasteiger partial charge on any atom is -0.261 e. The zero-order valence-corrected chi connectivity index (χ0v) is 9.92. The molecule has 0 spiro atoms. The number of nitrogens with zero attached hydrogens (tertiary/aromatic N) is 2. The van der Waals surface area contributed by atoms with Crippen LogP contribution in [0.2, 0.25) is 0 Å². The van der Waals surface area contributed by atoms with Gasteiger partial charge in [0.1, 0.15) is 0 Å². The molecule has 1 fully saturated rings. The van der Waals surface area contributed by atoms with Crippen LogP contribution in [0.25, 0.3) is 0 Å². The largest absolute Gasteiger partial charge is 0.491 e. The van der Waals surface area contributed by atoms with Crippen LogP contribution < -0.4 is 0 Å². The Morgan fingerprint density at radius 1 is 1.42 bits per heavy atom. The molecule has 1 aliphatic rings. The van der Waals surface area contributed by atoms with Gasteiger partial charge in [-0.1, -0.05) is 30.3 Å². The molecule has 0 N–H and O–H groups in total. The van der Waals surface area contributed by atoms with Crippen LogP contribution in [0.5, 0.6) is 0 Å². The van der Waals surface area contributed by atoms with Gasteiger partial charge in [0.15, 0.2) is 0 Å². The van der Waals surface area contributed by atoms with Crippen molar-refractivity contribution in [2.45, 2.75) is 24.4 Å². The smallest absolute Gasteiger partial charge is 0.261 e. The van der Waals surface area contributed by atoms with Crippen LogP contribution in [0.3, 0.4) is 0 Å². The van der Waals surface area contributed by atoms with Gasteiger partial charge in [-0.15, -0.1) is 0 Å². The third-order valence-electron chi connectivity index (χ3n) is 3.13. The minimum atomic E-state index is -5.08. The van der Waals surface area contributed by atoms with Crippen molar-refractivity contribution in [3.63, 3.8) is 0 Å². The molecule has 0 amide bonds. The summed E-state index contributed by atoms with van der Waals surface area (Å²) in [6.45, 7) is 0. The van der Waals surface area contributed by atoms with Gasteiger partial charge in [0.25, 0.3) is 0 Å². The van der Waals surface area contributed by atoms with Crippen LogP contribution in [0.1, 0.15) is 18.0 Å². The van der Waals surface area contributed by atoms with Crippen molar-refractivity contribution in [1.29, 1.82) is 0 Å². The molecule has 2 atom stereocenters. The summed E-state index contributed by atoms with van der Waals surface area (Å²) in [7, 11) is 1.26. The third-order valence-corrected chi connectivity index (χ3v) is 3.13. The van der Waals surface area contributed by atoms with Crippen LogP contribution in [-0.2, 0) is 4.84 Å². The van der Waals surface area contributed by atoms with E-state index in [1.165, 1.54) is 7.05 Å². The number of benzene rings is 1. The van der Waals surface area contributed by atoms with Gasteiger partial charge in [-0.2, -0.15) is 18.2 Å². The molecule has 104 valence electrons. The molecule has 0 aromatic heterocycles. The van der Waals surface area contributed by atoms with E-state index in [-0.39, 0.29) is 0 Å². The van der Waals surface area contributed by atoms with E-state index in [1.54, 1.807) is 30.3 Å². The standard InChI is InChI=1S/C11H11F3N2O3/c1-15-9(8-5-3-2-4-6-8)7-10(19-15,16(17)18)11(12,13)14/h2-6,9H,7H2,1H3/t9-,10-/m1/s1. The fourth-order valence-electron chi connectivity index (χ4n) is 2.11. The number of hydrogen-bond acceptors (Lipinski definition) is 4. The molecule has 5 nitrogen and oxygen atoms in total. The van der Waals surface area contributed by atoms with Crippen LogP contribution >= 0.6 is 0 Å². The first kappa shape index (κ1) is 13.8. The van der Waals surface area contributed by atoms with Crippen LogP contribution in [-0.4, -0.2) is 28.9 Å². The molecule has 1 saturated heterocycles. The van der Waals surface area contributed by atoms with Gasteiger partial charge in [0.2, 0.25) is 0 Å². The van der Waals surface area contributed by atoms with Gasteiger partial charge in [0, 0.05) is 7.05 Å². The highest BCUT2D eigenvalue weighted by molar-refractivity contribution is 5.20. The van der Waals surface area contributed by atoms with Crippen molar-refractivity contribution < 1.29 is 22.9 Å². The molecule has 1 aliphatic heterocycles. The topological polar surface area (TPSA) is 55.6 Å². The number of hydrogen-bond donors (Lipinski definition) is 0. The number of nitro groups is 1.